The Morgan fingerprint density at radius 3 is 2.53 bits per heavy atom. The van der Waals surface area contributed by atoms with Gasteiger partial charge in [-0.15, -0.1) is 0 Å². The second-order valence-electron chi connectivity index (χ2n) is 8.05. The van der Waals surface area contributed by atoms with Gasteiger partial charge in [0.05, 0.1) is 23.4 Å². The summed E-state index contributed by atoms with van der Waals surface area (Å²) < 4.78 is 13.9. The van der Waals surface area contributed by atoms with E-state index in [1.54, 1.807) is 31.2 Å². The van der Waals surface area contributed by atoms with Crippen LogP contribution >= 0.6 is 46.4 Å². The largest absolute Gasteiger partial charge is 0.496 e. The van der Waals surface area contributed by atoms with Crippen molar-refractivity contribution in [1.29, 1.82) is 0 Å². The molecule has 36 heavy (non-hydrogen) atoms. The van der Waals surface area contributed by atoms with E-state index >= 15 is 0 Å². The normalized spacial score (nSPS) is 13.2. The Bertz CT molecular complexity index is 1240. The zero-order valence-corrected chi connectivity index (χ0v) is 22.7. The van der Waals surface area contributed by atoms with Crippen LogP contribution in [0.25, 0.3) is 0 Å². The third-order valence-electron chi connectivity index (χ3n) is 5.61. The number of carbonyl (C=O) groups excluding carboxylic acids is 3. The first-order valence-corrected chi connectivity index (χ1v) is 12.3. The molecule has 0 radical (unpaired) electrons. The fourth-order valence-electron chi connectivity index (χ4n) is 3.75. The fraction of sp³-hybridized carbons (Fsp3) is 0.320. The van der Waals surface area contributed by atoms with Crippen molar-refractivity contribution in [2.24, 2.45) is 0 Å². The molecule has 1 amide bonds. The highest BCUT2D eigenvalue weighted by molar-refractivity contribution is 6.76. The smallest absolute Gasteiger partial charge is 0.341 e. The number of para-hydroxylation sites is 1. The number of fused-ring (bicyclic) bond motifs is 1. The Hall–Kier alpha value is -2.45. The molecule has 0 saturated heterocycles. The van der Waals surface area contributed by atoms with Crippen molar-refractivity contribution in [3.63, 3.8) is 0 Å². The van der Waals surface area contributed by atoms with Gasteiger partial charge in [-0.1, -0.05) is 70.2 Å². The van der Waals surface area contributed by atoms with Crippen LogP contribution in [0.3, 0.4) is 0 Å². The monoisotopic (exact) mass is 573 g/mol. The number of hydrogen-bond acceptors (Lipinski definition) is 6. The summed E-state index contributed by atoms with van der Waals surface area (Å²) in [5.41, 5.74) is 3.02. The molecule has 2 aromatic carbocycles. The highest BCUT2D eigenvalue weighted by Crippen LogP contribution is 2.42. The van der Waals surface area contributed by atoms with E-state index in [0.717, 1.165) is 5.57 Å². The molecule has 192 valence electrons. The minimum atomic E-state index is -2.25. The van der Waals surface area contributed by atoms with E-state index in [9.17, 15) is 14.4 Å². The number of benzene rings is 2. The second-order valence-corrected chi connectivity index (χ2v) is 10.7. The molecule has 2 aromatic rings. The zero-order chi connectivity index (χ0) is 26.6. The minimum Gasteiger partial charge on any atom is -0.496 e. The number of allylic oxidation sites excluding steroid dienone is 2. The van der Waals surface area contributed by atoms with Gasteiger partial charge < -0.3 is 19.5 Å². The van der Waals surface area contributed by atoms with Gasteiger partial charge in [0.1, 0.15) is 18.1 Å². The highest BCUT2D eigenvalue weighted by atomic mass is 35.6. The molecule has 11 heteroatoms. The predicted octanol–water partition coefficient (Wildman–Crippen LogP) is 6.51. The van der Waals surface area contributed by atoms with Crippen molar-refractivity contribution in [3.8, 4) is 11.5 Å². The van der Waals surface area contributed by atoms with Gasteiger partial charge >= 0.3 is 11.9 Å². The molecule has 1 heterocycles. The molecule has 0 aromatic heterocycles. The van der Waals surface area contributed by atoms with Crippen LogP contribution in [0.1, 0.15) is 46.8 Å². The van der Waals surface area contributed by atoms with Crippen LogP contribution in [0.15, 0.2) is 35.9 Å². The summed E-state index contributed by atoms with van der Waals surface area (Å²) in [7, 11) is 1.48. The molecule has 0 saturated carbocycles. The van der Waals surface area contributed by atoms with E-state index < -0.39 is 21.6 Å². The first-order chi connectivity index (χ1) is 16.9. The Kier molecular flexibility index (Phi) is 9.17. The van der Waals surface area contributed by atoms with E-state index in [1.807, 2.05) is 13.0 Å². The number of alkyl halides is 3. The Morgan fingerprint density at radius 1 is 1.19 bits per heavy atom. The number of nitrogens with one attached hydrogen (secondary N) is 1. The van der Waals surface area contributed by atoms with Crippen molar-refractivity contribution in [1.82, 2.24) is 0 Å². The van der Waals surface area contributed by atoms with E-state index in [1.165, 1.54) is 7.11 Å². The third kappa shape index (κ3) is 6.45. The van der Waals surface area contributed by atoms with E-state index in [2.05, 4.69) is 5.32 Å². The van der Waals surface area contributed by atoms with Crippen LogP contribution in [0.5, 0.6) is 11.5 Å². The Morgan fingerprint density at radius 2 is 1.89 bits per heavy atom. The number of anilines is 1. The standard InChI is InChI=1S/C25H23Cl4NO6/c1-13(9-11-19(31)36-18-7-5-4-6-17(18)26)8-10-15-21(30-24(33)25(27,28)29)20-16(12-35-23(20)32)14(2)22(15)34-3/h4-8H,9-12H2,1-3H3,(H,30,33)/b13-8+. The van der Waals surface area contributed by atoms with Gasteiger partial charge in [0.2, 0.25) is 0 Å². The summed E-state index contributed by atoms with van der Waals surface area (Å²) in [6, 6.07) is 6.71. The molecule has 0 bridgehead atoms. The number of esters is 2. The topological polar surface area (TPSA) is 90.9 Å². The second kappa shape index (κ2) is 11.7. The summed E-state index contributed by atoms with van der Waals surface area (Å²) in [6.45, 7) is 3.68. The van der Waals surface area contributed by atoms with E-state index in [4.69, 9.17) is 60.6 Å². The highest BCUT2D eigenvalue weighted by Gasteiger charge is 2.36. The van der Waals surface area contributed by atoms with Crippen molar-refractivity contribution in [2.75, 3.05) is 12.4 Å². The van der Waals surface area contributed by atoms with Gasteiger partial charge in [-0.05, 0) is 44.4 Å². The minimum absolute atomic E-state index is 0.0374. The molecule has 0 unspecified atom stereocenters. The molecule has 1 aliphatic heterocycles. The van der Waals surface area contributed by atoms with Gasteiger partial charge in [-0.3, -0.25) is 9.59 Å². The van der Waals surface area contributed by atoms with Crippen LogP contribution in [-0.4, -0.2) is 28.7 Å². The van der Waals surface area contributed by atoms with E-state index in [0.29, 0.717) is 39.6 Å². The summed E-state index contributed by atoms with van der Waals surface area (Å²) in [4.78, 5) is 37.3. The van der Waals surface area contributed by atoms with Crippen molar-refractivity contribution >= 4 is 69.9 Å². The number of rotatable bonds is 8. The lowest BCUT2D eigenvalue weighted by Crippen LogP contribution is -2.28. The Balaban J connectivity index is 1.85. The quantitative estimate of drug-likeness (QED) is 0.167. The third-order valence-corrected chi connectivity index (χ3v) is 6.44. The lowest BCUT2D eigenvalue weighted by molar-refractivity contribution is -0.134. The van der Waals surface area contributed by atoms with Crippen LogP contribution in [0.4, 0.5) is 5.69 Å². The van der Waals surface area contributed by atoms with Gasteiger partial charge in [0, 0.05) is 17.5 Å². The van der Waals surface area contributed by atoms with Crippen LogP contribution in [0, 0.1) is 6.92 Å². The molecule has 0 atom stereocenters. The number of amides is 1. The van der Waals surface area contributed by atoms with Crippen LogP contribution in [-0.2, 0) is 27.4 Å². The molecule has 0 spiro atoms. The fourth-order valence-corrected chi connectivity index (χ4v) is 4.07. The number of methoxy groups -OCH3 is 1. The van der Waals surface area contributed by atoms with Gasteiger partial charge in [-0.2, -0.15) is 0 Å². The van der Waals surface area contributed by atoms with E-state index in [-0.39, 0.29) is 30.7 Å². The van der Waals surface area contributed by atoms with Crippen LogP contribution in [0.2, 0.25) is 5.02 Å². The lowest BCUT2D eigenvalue weighted by Gasteiger charge is -2.21. The number of cyclic esters (lactones) is 1. The zero-order valence-electron chi connectivity index (χ0n) is 19.7. The first-order valence-electron chi connectivity index (χ1n) is 10.8. The van der Waals surface area contributed by atoms with Crippen molar-refractivity contribution in [3.05, 3.63) is 63.2 Å². The number of halogens is 4. The molecular formula is C25H23Cl4NO6. The molecular weight excluding hydrogens is 552 g/mol. The predicted molar refractivity (Wildman–Crippen MR) is 140 cm³/mol. The first kappa shape index (κ1) is 28.1. The molecule has 3 rings (SSSR count). The molecule has 0 fully saturated rings. The molecule has 1 aliphatic rings. The summed E-state index contributed by atoms with van der Waals surface area (Å²) in [6.07, 6.45) is 2.65. The van der Waals surface area contributed by atoms with Gasteiger partial charge in [0.25, 0.3) is 9.70 Å². The SMILES string of the molecule is COc1c(C)c2c(c(NC(=O)C(Cl)(Cl)Cl)c1C/C=C(\C)CCC(=O)Oc1ccccc1Cl)C(=O)OC2. The van der Waals surface area contributed by atoms with Crippen molar-refractivity contribution in [2.45, 2.75) is 43.5 Å². The molecule has 7 nitrogen and oxygen atoms in total. The molecule has 1 N–H and O–H groups in total. The summed E-state index contributed by atoms with van der Waals surface area (Å²) in [5, 5.41) is 2.91. The molecule has 0 aliphatic carbocycles. The summed E-state index contributed by atoms with van der Waals surface area (Å²) in [5.74, 6) is -1.19. The maximum absolute atomic E-state index is 12.5. The lowest BCUT2D eigenvalue weighted by atomic mass is 9.93. The average Bonchev–Trinajstić information content (AvgIpc) is 3.20. The van der Waals surface area contributed by atoms with Gasteiger partial charge in [0.15, 0.2) is 0 Å². The van der Waals surface area contributed by atoms with Crippen molar-refractivity contribution < 1.29 is 28.6 Å². The Labute approximate surface area is 228 Å². The number of carbonyl (C=O) groups is 3. The maximum atomic E-state index is 12.5. The summed E-state index contributed by atoms with van der Waals surface area (Å²) >= 11 is 23.3. The van der Waals surface area contributed by atoms with Crippen LogP contribution < -0.4 is 14.8 Å². The average molecular weight is 575 g/mol. The number of hydrogen-bond donors (Lipinski definition) is 1. The maximum Gasteiger partial charge on any atom is 0.341 e. The van der Waals surface area contributed by atoms with Gasteiger partial charge in [-0.25, -0.2) is 4.79 Å². The number of ether oxygens (including phenoxy) is 3.